The van der Waals surface area contributed by atoms with Gasteiger partial charge in [-0.05, 0) is 47.4 Å². The molecule has 4 aromatic rings. The molecular formula is C25H22F3N4. The number of rotatable bonds is 3. The fourth-order valence-electron chi connectivity index (χ4n) is 3.47. The van der Waals surface area contributed by atoms with Gasteiger partial charge in [-0.15, -0.1) is 0 Å². The molecule has 0 unspecified atom stereocenters. The molecule has 32 heavy (non-hydrogen) atoms. The van der Waals surface area contributed by atoms with Gasteiger partial charge in [0.2, 0.25) is 0 Å². The van der Waals surface area contributed by atoms with Crippen LogP contribution in [-0.4, -0.2) is 15.0 Å². The number of nitrogens with one attached hydrogen (secondary N) is 1. The number of benzene rings is 2. The van der Waals surface area contributed by atoms with Crippen LogP contribution in [0.15, 0.2) is 60.8 Å². The molecule has 0 saturated carbocycles. The largest absolute Gasteiger partial charge is 0.418 e. The van der Waals surface area contributed by atoms with Gasteiger partial charge in [-0.3, -0.25) is 4.98 Å². The summed E-state index contributed by atoms with van der Waals surface area (Å²) in [5.41, 5.74) is 1.95. The van der Waals surface area contributed by atoms with E-state index in [1.54, 1.807) is 18.2 Å². The van der Waals surface area contributed by atoms with E-state index in [9.17, 15) is 13.2 Å². The van der Waals surface area contributed by atoms with Crippen molar-refractivity contribution >= 4 is 22.4 Å². The van der Waals surface area contributed by atoms with Gasteiger partial charge in [0.05, 0.1) is 16.8 Å². The lowest BCUT2D eigenvalue weighted by Crippen LogP contribution is -2.10. The van der Waals surface area contributed by atoms with Gasteiger partial charge in [0.25, 0.3) is 0 Å². The summed E-state index contributed by atoms with van der Waals surface area (Å²) in [6.07, 6.45) is -3.16. The zero-order valence-corrected chi connectivity index (χ0v) is 18.0. The van der Waals surface area contributed by atoms with E-state index in [1.807, 2.05) is 12.1 Å². The lowest BCUT2D eigenvalue weighted by molar-refractivity contribution is -0.137. The van der Waals surface area contributed by atoms with Crippen molar-refractivity contribution in [2.45, 2.75) is 32.4 Å². The van der Waals surface area contributed by atoms with Crippen molar-refractivity contribution in [3.63, 3.8) is 0 Å². The second-order valence-corrected chi connectivity index (χ2v) is 8.57. The zero-order valence-electron chi connectivity index (χ0n) is 18.0. The summed E-state index contributed by atoms with van der Waals surface area (Å²) in [5.74, 6) is 0.799. The van der Waals surface area contributed by atoms with Gasteiger partial charge < -0.3 is 5.32 Å². The van der Waals surface area contributed by atoms with Crippen LogP contribution in [0.4, 0.5) is 24.7 Å². The molecule has 2 aromatic heterocycles. The van der Waals surface area contributed by atoms with Crippen LogP contribution in [0.2, 0.25) is 0 Å². The van der Waals surface area contributed by atoms with Gasteiger partial charge in [-0.25, -0.2) is 9.97 Å². The summed E-state index contributed by atoms with van der Waals surface area (Å²) in [6.45, 7) is 10.3. The first-order chi connectivity index (χ1) is 15.0. The van der Waals surface area contributed by atoms with Gasteiger partial charge in [0, 0.05) is 29.8 Å². The molecule has 2 heterocycles. The molecule has 4 nitrogen and oxygen atoms in total. The van der Waals surface area contributed by atoms with Crippen LogP contribution in [0, 0.1) is 6.92 Å². The SMILES string of the molecule is [CH2]c1nc(Nc2ccc(C(C)(C)C)cc2)c2ccc(-c3ncccc3C(F)(F)F)cc2n1. The third-order valence-corrected chi connectivity index (χ3v) is 5.14. The second kappa shape index (κ2) is 7.89. The van der Waals surface area contributed by atoms with E-state index in [-0.39, 0.29) is 16.9 Å². The topological polar surface area (TPSA) is 50.7 Å². The van der Waals surface area contributed by atoms with E-state index in [2.05, 4.69) is 60.1 Å². The number of nitrogens with zero attached hydrogens (tertiary/aromatic N) is 3. The average Bonchev–Trinajstić information content (AvgIpc) is 2.72. The molecule has 0 spiro atoms. The Bertz CT molecular complexity index is 1270. The summed E-state index contributed by atoms with van der Waals surface area (Å²) >= 11 is 0. The Balaban J connectivity index is 1.75. The number of hydrogen-bond donors (Lipinski definition) is 1. The highest BCUT2D eigenvalue weighted by molar-refractivity contribution is 5.93. The molecule has 0 aliphatic carbocycles. The summed E-state index contributed by atoms with van der Waals surface area (Å²) in [5, 5.41) is 3.95. The normalized spacial score (nSPS) is 12.2. The molecule has 7 heteroatoms. The molecule has 0 aliphatic heterocycles. The fraction of sp³-hybridized carbons (Fsp3) is 0.200. The first kappa shape index (κ1) is 21.7. The van der Waals surface area contributed by atoms with E-state index < -0.39 is 11.7 Å². The van der Waals surface area contributed by atoms with Crippen LogP contribution in [0.25, 0.3) is 22.2 Å². The molecule has 0 bridgehead atoms. The summed E-state index contributed by atoms with van der Waals surface area (Å²) in [4.78, 5) is 12.7. The minimum atomic E-state index is -4.51. The summed E-state index contributed by atoms with van der Waals surface area (Å²) in [7, 11) is 0. The number of fused-ring (bicyclic) bond motifs is 1. The van der Waals surface area contributed by atoms with Gasteiger partial charge in [-0.1, -0.05) is 39.0 Å². The third-order valence-electron chi connectivity index (χ3n) is 5.14. The fourth-order valence-corrected chi connectivity index (χ4v) is 3.47. The standard InChI is InChI=1S/C25H22F3N4/c1-15-30-21-14-16(22-20(25(26,27)28)6-5-13-29-22)7-12-19(21)23(31-15)32-18-10-8-17(9-11-18)24(2,3)4/h5-14H,1H2,2-4H3,(H,30,31,32). The van der Waals surface area contributed by atoms with Crippen molar-refractivity contribution in [1.82, 2.24) is 15.0 Å². The molecule has 2 aromatic carbocycles. The number of hydrogen-bond acceptors (Lipinski definition) is 4. The van der Waals surface area contributed by atoms with Crippen LogP contribution in [0.3, 0.4) is 0 Å². The quantitative estimate of drug-likeness (QED) is 0.379. The molecule has 163 valence electrons. The molecule has 0 amide bonds. The van der Waals surface area contributed by atoms with Crippen molar-refractivity contribution < 1.29 is 13.2 Å². The van der Waals surface area contributed by atoms with E-state index >= 15 is 0 Å². The Morgan fingerprint density at radius 2 is 1.62 bits per heavy atom. The minimum Gasteiger partial charge on any atom is -0.340 e. The molecule has 1 radical (unpaired) electrons. The Morgan fingerprint density at radius 3 is 2.28 bits per heavy atom. The lowest BCUT2D eigenvalue weighted by Gasteiger charge is -2.19. The monoisotopic (exact) mass is 435 g/mol. The molecule has 0 saturated heterocycles. The highest BCUT2D eigenvalue weighted by Crippen LogP contribution is 2.37. The molecule has 4 rings (SSSR count). The van der Waals surface area contributed by atoms with Gasteiger partial charge >= 0.3 is 6.18 Å². The minimum absolute atomic E-state index is 0.0395. The number of pyridine rings is 1. The highest BCUT2D eigenvalue weighted by atomic mass is 19.4. The first-order valence-corrected chi connectivity index (χ1v) is 10.1. The van der Waals surface area contributed by atoms with Crippen LogP contribution in [-0.2, 0) is 11.6 Å². The predicted molar refractivity (Wildman–Crippen MR) is 121 cm³/mol. The molecule has 0 atom stereocenters. The van der Waals surface area contributed by atoms with Gasteiger partial charge in [0.1, 0.15) is 11.6 Å². The average molecular weight is 435 g/mol. The molecule has 1 N–H and O–H groups in total. The van der Waals surface area contributed by atoms with Crippen LogP contribution < -0.4 is 5.32 Å². The molecular weight excluding hydrogens is 413 g/mol. The van der Waals surface area contributed by atoms with Crippen molar-refractivity contribution in [3.8, 4) is 11.3 Å². The number of aromatic nitrogens is 3. The summed E-state index contributed by atoms with van der Waals surface area (Å²) in [6, 6.07) is 15.2. The van der Waals surface area contributed by atoms with Crippen molar-refractivity contribution in [2.75, 3.05) is 5.32 Å². The number of halogens is 3. The Kier molecular flexibility index (Phi) is 5.36. The highest BCUT2D eigenvalue weighted by Gasteiger charge is 2.34. The smallest absolute Gasteiger partial charge is 0.340 e. The number of alkyl halides is 3. The van der Waals surface area contributed by atoms with E-state index in [4.69, 9.17) is 0 Å². The maximum absolute atomic E-state index is 13.4. The van der Waals surface area contributed by atoms with Crippen LogP contribution in [0.1, 0.15) is 37.7 Å². The summed E-state index contributed by atoms with van der Waals surface area (Å²) < 4.78 is 40.3. The van der Waals surface area contributed by atoms with Crippen LogP contribution >= 0.6 is 0 Å². The van der Waals surface area contributed by atoms with Crippen molar-refractivity contribution in [3.05, 3.63) is 84.7 Å². The second-order valence-electron chi connectivity index (χ2n) is 8.57. The maximum Gasteiger partial charge on any atom is 0.418 e. The van der Waals surface area contributed by atoms with Crippen molar-refractivity contribution in [1.29, 1.82) is 0 Å². The first-order valence-electron chi connectivity index (χ1n) is 10.1. The van der Waals surface area contributed by atoms with E-state index in [1.165, 1.54) is 17.8 Å². The van der Waals surface area contributed by atoms with Gasteiger partial charge in [-0.2, -0.15) is 13.2 Å². The Morgan fingerprint density at radius 1 is 0.906 bits per heavy atom. The molecule has 0 aliphatic rings. The Hall–Kier alpha value is -3.48. The van der Waals surface area contributed by atoms with E-state index in [0.29, 0.717) is 22.3 Å². The Labute approximate surface area is 184 Å². The van der Waals surface area contributed by atoms with Crippen molar-refractivity contribution in [2.24, 2.45) is 0 Å². The van der Waals surface area contributed by atoms with E-state index in [0.717, 1.165) is 11.8 Å². The number of anilines is 2. The maximum atomic E-state index is 13.4. The zero-order chi connectivity index (χ0) is 23.1. The third kappa shape index (κ3) is 4.42. The predicted octanol–water partition coefficient (Wildman–Crippen LogP) is 6.93. The van der Waals surface area contributed by atoms with Gasteiger partial charge in [0.15, 0.2) is 0 Å². The molecule has 0 fully saturated rings. The lowest BCUT2D eigenvalue weighted by atomic mass is 9.87. The van der Waals surface area contributed by atoms with Crippen LogP contribution in [0.5, 0.6) is 0 Å².